The number of allylic oxidation sites excluding steroid dienone is 1. The Labute approximate surface area is 230 Å². The first-order chi connectivity index (χ1) is 19.3. The topological polar surface area (TPSA) is 37.4 Å². The normalized spacial score (nSPS) is 15.2. The van der Waals surface area contributed by atoms with Gasteiger partial charge in [-0.2, -0.15) is 0 Å². The van der Waals surface area contributed by atoms with Gasteiger partial charge in [0.15, 0.2) is 0 Å². The maximum Gasteiger partial charge on any atom is 0.200 e. The van der Waals surface area contributed by atoms with Gasteiger partial charge in [0.1, 0.15) is 11.6 Å². The number of para-hydroxylation sites is 2. The fraction of sp³-hybridized carbons (Fsp3) is 0.0857. The number of anilines is 3. The summed E-state index contributed by atoms with van der Waals surface area (Å²) in [7, 11) is 0. The Balaban J connectivity index is 1.40. The zero-order chi connectivity index (χ0) is 27.8. The summed E-state index contributed by atoms with van der Waals surface area (Å²) in [6.45, 7) is 4.44. The second-order valence-corrected chi connectivity index (χ2v) is 10.7. The third-order valence-electron chi connectivity index (χ3n) is 8.08. The van der Waals surface area contributed by atoms with E-state index in [1.807, 2.05) is 42.5 Å². The van der Waals surface area contributed by atoms with Gasteiger partial charge in [0, 0.05) is 11.1 Å². The molecule has 1 heterocycles. The Morgan fingerprint density at radius 1 is 0.700 bits per heavy atom. The van der Waals surface area contributed by atoms with Crippen molar-refractivity contribution in [2.24, 2.45) is 0 Å². The summed E-state index contributed by atoms with van der Waals surface area (Å²) < 4.78 is 28.7. The first-order valence-corrected chi connectivity index (χ1v) is 13.1. The smallest absolute Gasteiger partial charge is 0.200 e. The molecule has 0 atom stereocenters. The maximum atomic E-state index is 14.3. The SMILES string of the molecule is CC1(C)c2ccccc2N(c2ccccc2)c2ccc3cc(C=C4C(=O)c5c(F)ccc(F)c5C4=O)ccc3c21. The molecule has 5 aromatic rings. The van der Waals surface area contributed by atoms with Crippen LogP contribution in [-0.4, -0.2) is 11.6 Å². The van der Waals surface area contributed by atoms with Crippen LogP contribution in [0, 0.1) is 11.6 Å². The van der Waals surface area contributed by atoms with E-state index in [1.54, 1.807) is 0 Å². The molecule has 1 aliphatic heterocycles. The van der Waals surface area contributed by atoms with Crippen LogP contribution in [0.3, 0.4) is 0 Å². The van der Waals surface area contributed by atoms with Crippen LogP contribution in [0.1, 0.15) is 51.3 Å². The monoisotopic (exact) mass is 527 g/mol. The summed E-state index contributed by atoms with van der Waals surface area (Å²) in [5.41, 5.74) is 4.70. The minimum absolute atomic E-state index is 0.235. The van der Waals surface area contributed by atoms with Gasteiger partial charge in [-0.05, 0) is 76.0 Å². The number of halogens is 2. The molecule has 1 aliphatic carbocycles. The lowest BCUT2D eigenvalue weighted by Gasteiger charge is -2.42. The molecule has 0 unspecified atom stereocenters. The maximum absolute atomic E-state index is 14.3. The molecular formula is C35H23F2NO2. The Bertz CT molecular complexity index is 1900. The van der Waals surface area contributed by atoms with Crippen LogP contribution >= 0.6 is 0 Å². The lowest BCUT2D eigenvalue weighted by atomic mass is 9.71. The van der Waals surface area contributed by atoms with Crippen molar-refractivity contribution < 1.29 is 18.4 Å². The van der Waals surface area contributed by atoms with E-state index in [0.29, 0.717) is 5.56 Å². The highest BCUT2D eigenvalue weighted by Crippen LogP contribution is 2.53. The lowest BCUT2D eigenvalue weighted by Crippen LogP contribution is -2.30. The van der Waals surface area contributed by atoms with E-state index < -0.39 is 34.3 Å². The molecular weight excluding hydrogens is 504 g/mol. The standard InChI is InChI=1S/C35H23F2NO2/c1-35(2)25-10-6-7-11-28(25)38(22-8-4-3-5-9-22)29-17-13-21-18-20(12-14-23(21)32(29)35)19-24-33(39)30-26(36)15-16-27(37)31(30)34(24)40/h3-19H,1-2H3. The largest absolute Gasteiger partial charge is 0.310 e. The molecule has 40 heavy (non-hydrogen) atoms. The molecule has 0 spiro atoms. The van der Waals surface area contributed by atoms with E-state index >= 15 is 0 Å². The van der Waals surface area contributed by atoms with Crippen LogP contribution in [0.5, 0.6) is 0 Å². The Morgan fingerprint density at radius 2 is 1.35 bits per heavy atom. The molecule has 0 amide bonds. The van der Waals surface area contributed by atoms with Gasteiger partial charge in [0.2, 0.25) is 11.6 Å². The molecule has 0 bridgehead atoms. The number of ketones is 2. The van der Waals surface area contributed by atoms with Crippen LogP contribution < -0.4 is 4.90 Å². The number of rotatable bonds is 2. The molecule has 0 saturated carbocycles. The van der Waals surface area contributed by atoms with Crippen molar-refractivity contribution in [1.29, 1.82) is 0 Å². The number of Topliss-reactive ketones (excluding diaryl/α,β-unsaturated/α-hetero) is 2. The Kier molecular flexibility index (Phi) is 5.17. The van der Waals surface area contributed by atoms with Gasteiger partial charge in [0.25, 0.3) is 0 Å². The molecule has 0 fully saturated rings. The Morgan fingerprint density at radius 3 is 2.05 bits per heavy atom. The quantitative estimate of drug-likeness (QED) is 0.170. The number of fused-ring (bicyclic) bond motifs is 5. The highest BCUT2D eigenvalue weighted by Gasteiger charge is 2.39. The number of nitrogens with zero attached hydrogens (tertiary/aromatic N) is 1. The van der Waals surface area contributed by atoms with Gasteiger partial charge in [-0.1, -0.05) is 68.4 Å². The van der Waals surface area contributed by atoms with Crippen LogP contribution in [0.4, 0.5) is 25.8 Å². The molecule has 5 heteroatoms. The summed E-state index contributed by atoms with van der Waals surface area (Å²) >= 11 is 0. The number of hydrogen-bond donors (Lipinski definition) is 0. The zero-order valence-electron chi connectivity index (χ0n) is 21.8. The van der Waals surface area contributed by atoms with E-state index in [2.05, 4.69) is 61.2 Å². The fourth-order valence-corrected chi connectivity index (χ4v) is 6.25. The van der Waals surface area contributed by atoms with Gasteiger partial charge < -0.3 is 4.90 Å². The van der Waals surface area contributed by atoms with Crippen LogP contribution in [-0.2, 0) is 5.41 Å². The van der Waals surface area contributed by atoms with Gasteiger partial charge in [0.05, 0.1) is 28.1 Å². The molecule has 7 rings (SSSR count). The van der Waals surface area contributed by atoms with Crippen LogP contribution in [0.25, 0.3) is 16.8 Å². The first-order valence-electron chi connectivity index (χ1n) is 13.1. The molecule has 2 aliphatic rings. The summed E-state index contributed by atoms with van der Waals surface area (Å²) in [5.74, 6) is -3.37. The predicted molar refractivity (Wildman–Crippen MR) is 154 cm³/mol. The van der Waals surface area contributed by atoms with Crippen molar-refractivity contribution in [2.45, 2.75) is 19.3 Å². The fourth-order valence-electron chi connectivity index (χ4n) is 6.25. The minimum Gasteiger partial charge on any atom is -0.310 e. The molecule has 0 aromatic heterocycles. The summed E-state index contributed by atoms with van der Waals surface area (Å²) in [5, 5.41) is 1.98. The minimum atomic E-state index is -0.895. The first kappa shape index (κ1) is 24.2. The molecule has 0 N–H and O–H groups in total. The van der Waals surface area contributed by atoms with Crippen molar-refractivity contribution in [2.75, 3.05) is 4.90 Å². The zero-order valence-corrected chi connectivity index (χ0v) is 21.8. The van der Waals surface area contributed by atoms with Gasteiger partial charge in [-0.3, -0.25) is 9.59 Å². The number of hydrogen-bond acceptors (Lipinski definition) is 3. The van der Waals surface area contributed by atoms with Crippen molar-refractivity contribution in [1.82, 2.24) is 0 Å². The highest BCUT2D eigenvalue weighted by atomic mass is 19.1. The average molecular weight is 528 g/mol. The van der Waals surface area contributed by atoms with Gasteiger partial charge in [-0.25, -0.2) is 8.78 Å². The van der Waals surface area contributed by atoms with Crippen molar-refractivity contribution in [3.05, 3.63) is 142 Å². The second-order valence-electron chi connectivity index (χ2n) is 10.7. The van der Waals surface area contributed by atoms with E-state index in [4.69, 9.17) is 0 Å². The molecule has 5 aromatic carbocycles. The van der Waals surface area contributed by atoms with Crippen molar-refractivity contribution in [3.63, 3.8) is 0 Å². The van der Waals surface area contributed by atoms with Crippen molar-refractivity contribution >= 4 is 45.5 Å². The number of carbonyl (C=O) groups excluding carboxylic acids is 2. The Hall–Kier alpha value is -4.90. The summed E-state index contributed by atoms with van der Waals surface area (Å²) in [6.07, 6.45) is 1.43. The lowest BCUT2D eigenvalue weighted by molar-refractivity contribution is 0.0989. The van der Waals surface area contributed by atoms with Gasteiger partial charge in [-0.15, -0.1) is 0 Å². The van der Waals surface area contributed by atoms with Gasteiger partial charge >= 0.3 is 0 Å². The molecule has 0 radical (unpaired) electrons. The summed E-state index contributed by atoms with van der Waals surface area (Å²) in [4.78, 5) is 28.1. The number of benzene rings is 5. The number of carbonyl (C=O) groups is 2. The van der Waals surface area contributed by atoms with Crippen molar-refractivity contribution in [3.8, 4) is 0 Å². The van der Waals surface area contributed by atoms with E-state index in [1.165, 1.54) is 11.6 Å². The third kappa shape index (κ3) is 3.34. The summed E-state index contributed by atoms with van der Waals surface area (Å²) in [6, 6.07) is 30.3. The molecule has 3 nitrogen and oxygen atoms in total. The average Bonchev–Trinajstić information content (AvgIpc) is 3.21. The highest BCUT2D eigenvalue weighted by molar-refractivity contribution is 6.41. The third-order valence-corrected chi connectivity index (χ3v) is 8.08. The second kappa shape index (κ2) is 8.55. The predicted octanol–water partition coefficient (Wildman–Crippen LogP) is 8.69. The molecule has 194 valence electrons. The molecule has 0 saturated heterocycles. The van der Waals surface area contributed by atoms with Crippen LogP contribution in [0.15, 0.2) is 103 Å². The van der Waals surface area contributed by atoms with E-state index in [0.717, 1.165) is 45.5 Å². The van der Waals surface area contributed by atoms with Crippen LogP contribution in [0.2, 0.25) is 0 Å². The van der Waals surface area contributed by atoms with E-state index in [-0.39, 0.29) is 11.0 Å². The van der Waals surface area contributed by atoms with E-state index in [9.17, 15) is 18.4 Å².